The van der Waals surface area contributed by atoms with Gasteiger partial charge in [-0.25, -0.2) is 17.5 Å². The first-order valence-electron chi connectivity index (χ1n) is 6.09. The molecule has 1 aromatic carbocycles. The molecule has 1 saturated carbocycles. The molecule has 5 nitrogen and oxygen atoms in total. The van der Waals surface area contributed by atoms with Crippen LogP contribution in [0.3, 0.4) is 0 Å². The number of hydrogen-bond acceptors (Lipinski definition) is 4. The number of anilines is 1. The van der Waals surface area contributed by atoms with E-state index in [2.05, 4.69) is 4.72 Å². The maximum Gasteiger partial charge on any atom is 0.240 e. The van der Waals surface area contributed by atoms with Crippen molar-refractivity contribution >= 4 is 15.7 Å². The summed E-state index contributed by atoms with van der Waals surface area (Å²) in [4.78, 5) is -0.230. The second kappa shape index (κ2) is 5.07. The number of hydrogen-bond donors (Lipinski definition) is 3. The van der Waals surface area contributed by atoms with Crippen LogP contribution in [0.4, 0.5) is 10.1 Å². The second-order valence-electron chi connectivity index (χ2n) is 4.98. The van der Waals surface area contributed by atoms with Crippen LogP contribution in [0.25, 0.3) is 0 Å². The van der Waals surface area contributed by atoms with E-state index in [1.807, 2.05) is 0 Å². The Balaban J connectivity index is 2.13. The molecule has 1 aliphatic rings. The summed E-state index contributed by atoms with van der Waals surface area (Å²) in [5, 5.41) is 10.1. The van der Waals surface area contributed by atoms with E-state index < -0.39 is 21.4 Å². The van der Waals surface area contributed by atoms with E-state index in [9.17, 15) is 17.9 Å². The van der Waals surface area contributed by atoms with Gasteiger partial charge in [0.1, 0.15) is 5.82 Å². The van der Waals surface area contributed by atoms with E-state index in [4.69, 9.17) is 5.73 Å². The number of rotatable bonds is 4. The molecule has 106 valence electrons. The van der Waals surface area contributed by atoms with Gasteiger partial charge in [-0.3, -0.25) is 0 Å². The lowest BCUT2D eigenvalue weighted by molar-refractivity contribution is 0.0532. The molecule has 19 heavy (non-hydrogen) atoms. The lowest BCUT2D eigenvalue weighted by Crippen LogP contribution is -2.40. The molecule has 0 aromatic heterocycles. The Morgan fingerprint density at radius 1 is 1.32 bits per heavy atom. The van der Waals surface area contributed by atoms with Gasteiger partial charge in [0.25, 0.3) is 0 Å². The molecule has 0 spiro atoms. The van der Waals surface area contributed by atoms with Gasteiger partial charge in [-0.2, -0.15) is 0 Å². The monoisotopic (exact) mass is 288 g/mol. The fourth-order valence-electron chi connectivity index (χ4n) is 2.26. The normalized spacial score (nSPS) is 18.6. The summed E-state index contributed by atoms with van der Waals surface area (Å²) in [7, 11) is -3.86. The Hall–Kier alpha value is -1.18. The van der Waals surface area contributed by atoms with Gasteiger partial charge in [0, 0.05) is 12.2 Å². The summed E-state index contributed by atoms with van der Waals surface area (Å²) in [5.41, 5.74) is 4.47. The predicted octanol–water partition coefficient (Wildman–Crippen LogP) is 0.991. The third-order valence-electron chi connectivity index (χ3n) is 3.33. The Morgan fingerprint density at radius 2 is 1.95 bits per heavy atom. The molecule has 1 fully saturated rings. The number of nitrogens with one attached hydrogen (secondary N) is 1. The molecule has 7 heteroatoms. The zero-order valence-electron chi connectivity index (χ0n) is 10.4. The highest BCUT2D eigenvalue weighted by Crippen LogP contribution is 2.29. The number of aliphatic hydroxyl groups is 1. The third-order valence-corrected chi connectivity index (χ3v) is 4.71. The molecule has 0 aliphatic heterocycles. The number of nitrogens with two attached hydrogens (primary N) is 1. The fraction of sp³-hybridized carbons (Fsp3) is 0.500. The van der Waals surface area contributed by atoms with Gasteiger partial charge in [0.05, 0.1) is 10.5 Å². The summed E-state index contributed by atoms with van der Waals surface area (Å²) < 4.78 is 39.4. The quantitative estimate of drug-likeness (QED) is 0.720. The maximum atomic E-state index is 13.2. The fourth-order valence-corrected chi connectivity index (χ4v) is 3.45. The van der Waals surface area contributed by atoms with Gasteiger partial charge >= 0.3 is 0 Å². The van der Waals surface area contributed by atoms with Crippen molar-refractivity contribution < 1.29 is 17.9 Å². The zero-order valence-corrected chi connectivity index (χ0v) is 11.2. The van der Waals surface area contributed by atoms with Crippen LogP contribution in [-0.2, 0) is 10.0 Å². The number of benzene rings is 1. The van der Waals surface area contributed by atoms with Crippen molar-refractivity contribution in [3.63, 3.8) is 0 Å². The Morgan fingerprint density at radius 3 is 2.53 bits per heavy atom. The highest BCUT2D eigenvalue weighted by molar-refractivity contribution is 7.89. The van der Waals surface area contributed by atoms with Crippen LogP contribution < -0.4 is 10.5 Å². The summed E-state index contributed by atoms with van der Waals surface area (Å²) in [6, 6.07) is 3.13. The molecule has 0 radical (unpaired) electrons. The molecule has 1 aliphatic carbocycles. The van der Waals surface area contributed by atoms with Crippen molar-refractivity contribution in [2.45, 2.75) is 36.2 Å². The van der Waals surface area contributed by atoms with Crippen LogP contribution >= 0.6 is 0 Å². The van der Waals surface area contributed by atoms with Crippen LogP contribution in [0.5, 0.6) is 0 Å². The van der Waals surface area contributed by atoms with E-state index in [1.165, 1.54) is 6.07 Å². The van der Waals surface area contributed by atoms with Crippen LogP contribution in [-0.4, -0.2) is 25.7 Å². The number of nitrogen functional groups attached to an aromatic ring is 1. The molecule has 2 rings (SSSR count). The largest absolute Gasteiger partial charge is 0.399 e. The van der Waals surface area contributed by atoms with Crippen LogP contribution in [0.15, 0.2) is 23.1 Å². The van der Waals surface area contributed by atoms with Crippen molar-refractivity contribution in [2.75, 3.05) is 12.3 Å². The van der Waals surface area contributed by atoms with Gasteiger partial charge in [-0.05, 0) is 31.0 Å². The minimum Gasteiger partial charge on any atom is -0.399 e. The average Bonchev–Trinajstić information content (AvgIpc) is 2.73. The van der Waals surface area contributed by atoms with Crippen LogP contribution in [0.1, 0.15) is 25.7 Å². The van der Waals surface area contributed by atoms with Crippen LogP contribution in [0.2, 0.25) is 0 Å². The first-order valence-corrected chi connectivity index (χ1v) is 7.57. The molecule has 0 unspecified atom stereocenters. The molecule has 0 bridgehead atoms. The molecule has 0 amide bonds. The summed E-state index contributed by atoms with van der Waals surface area (Å²) >= 11 is 0. The molecule has 4 N–H and O–H groups in total. The van der Waals surface area contributed by atoms with E-state index in [-0.39, 0.29) is 17.1 Å². The number of sulfonamides is 1. The summed E-state index contributed by atoms with van der Waals surface area (Å²) in [6.07, 6.45) is 2.90. The van der Waals surface area contributed by atoms with Crippen molar-refractivity contribution in [1.82, 2.24) is 4.72 Å². The molecule has 0 heterocycles. The Labute approximate surface area is 111 Å². The SMILES string of the molecule is Nc1cc(F)cc(S(=O)(=O)NCC2(O)CCCC2)c1. The Kier molecular flexibility index (Phi) is 3.80. The molecule has 1 aromatic rings. The molecule has 0 atom stereocenters. The van der Waals surface area contributed by atoms with Crippen molar-refractivity contribution in [3.8, 4) is 0 Å². The smallest absolute Gasteiger partial charge is 0.240 e. The highest BCUT2D eigenvalue weighted by atomic mass is 32.2. The van der Waals surface area contributed by atoms with Crippen molar-refractivity contribution in [1.29, 1.82) is 0 Å². The Bertz CT molecular complexity index is 548. The first kappa shape index (κ1) is 14.2. The van der Waals surface area contributed by atoms with E-state index in [0.717, 1.165) is 25.0 Å². The topological polar surface area (TPSA) is 92.4 Å². The zero-order chi connectivity index (χ0) is 14.1. The lowest BCUT2D eigenvalue weighted by Gasteiger charge is -2.22. The second-order valence-corrected chi connectivity index (χ2v) is 6.74. The molecule has 0 saturated heterocycles. The summed E-state index contributed by atoms with van der Waals surface area (Å²) in [5.74, 6) is -0.708. The summed E-state index contributed by atoms with van der Waals surface area (Å²) in [6.45, 7) is -0.0637. The van der Waals surface area contributed by atoms with E-state index in [0.29, 0.717) is 12.8 Å². The maximum absolute atomic E-state index is 13.2. The number of halogens is 1. The van der Waals surface area contributed by atoms with Gasteiger partial charge in [0.2, 0.25) is 10.0 Å². The lowest BCUT2D eigenvalue weighted by atomic mass is 10.0. The third kappa shape index (κ3) is 3.43. The van der Waals surface area contributed by atoms with Gasteiger partial charge in [-0.15, -0.1) is 0 Å². The van der Waals surface area contributed by atoms with Crippen molar-refractivity contribution in [3.05, 3.63) is 24.0 Å². The minimum absolute atomic E-state index is 0.0416. The van der Waals surface area contributed by atoms with E-state index >= 15 is 0 Å². The van der Waals surface area contributed by atoms with Gasteiger partial charge in [0.15, 0.2) is 0 Å². The molecular formula is C12H17FN2O3S. The minimum atomic E-state index is -3.86. The predicted molar refractivity (Wildman–Crippen MR) is 69.4 cm³/mol. The van der Waals surface area contributed by atoms with Gasteiger partial charge in [-0.1, -0.05) is 12.8 Å². The van der Waals surface area contributed by atoms with Crippen LogP contribution in [0, 0.1) is 5.82 Å². The highest BCUT2D eigenvalue weighted by Gasteiger charge is 2.32. The van der Waals surface area contributed by atoms with Gasteiger partial charge < -0.3 is 10.8 Å². The molecular weight excluding hydrogens is 271 g/mol. The van der Waals surface area contributed by atoms with E-state index in [1.54, 1.807) is 0 Å². The first-order chi connectivity index (χ1) is 8.81. The van der Waals surface area contributed by atoms with Crippen molar-refractivity contribution in [2.24, 2.45) is 0 Å². The standard InChI is InChI=1S/C12H17FN2O3S/c13-9-5-10(14)7-11(6-9)19(17,18)15-8-12(16)3-1-2-4-12/h5-7,15-16H,1-4,8,14H2. The average molecular weight is 288 g/mol.